The molecule has 0 aliphatic rings. The molecular weight excluding hydrogens is 266 g/mol. The Kier molecular flexibility index (Phi) is 3.90. The molecule has 1 aromatic heterocycles. The smallest absolute Gasteiger partial charge is 0.341 e. The van der Waals surface area contributed by atoms with Crippen LogP contribution in [0.1, 0.15) is 62.2 Å². The molecule has 2 aromatic rings. The number of carboxylic acids is 1. The summed E-state index contributed by atoms with van der Waals surface area (Å²) in [5.74, 6) is -0.178. The zero-order chi connectivity index (χ0) is 15.8. The maximum Gasteiger partial charge on any atom is 0.341 e. The third kappa shape index (κ3) is 2.99. The Balaban J connectivity index is 2.54. The molecule has 21 heavy (non-hydrogen) atoms. The lowest BCUT2D eigenvalue weighted by Gasteiger charge is -2.14. The van der Waals surface area contributed by atoms with E-state index < -0.39 is 11.4 Å². The summed E-state index contributed by atoms with van der Waals surface area (Å²) in [7, 11) is 0. The van der Waals surface area contributed by atoms with E-state index in [0.29, 0.717) is 17.4 Å². The highest BCUT2D eigenvalue weighted by molar-refractivity contribution is 5.96. The van der Waals surface area contributed by atoms with Gasteiger partial charge in [0.05, 0.1) is 0 Å². The molecule has 0 saturated heterocycles. The largest absolute Gasteiger partial charge is 0.477 e. The van der Waals surface area contributed by atoms with Gasteiger partial charge in [-0.1, -0.05) is 64.0 Å². The first-order chi connectivity index (χ1) is 9.71. The average molecular weight is 287 g/mol. The zero-order valence-corrected chi connectivity index (χ0v) is 13.1. The Morgan fingerprint density at radius 3 is 2.19 bits per heavy atom. The Morgan fingerprint density at radius 1 is 1.19 bits per heavy atom. The Hall–Kier alpha value is -2.10. The van der Waals surface area contributed by atoms with Crippen molar-refractivity contribution in [2.24, 2.45) is 0 Å². The predicted molar refractivity (Wildman–Crippen MR) is 81.7 cm³/mol. The lowest BCUT2D eigenvalue weighted by Crippen LogP contribution is -2.15. The summed E-state index contributed by atoms with van der Waals surface area (Å²) in [4.78, 5) is 11.6. The van der Waals surface area contributed by atoms with Gasteiger partial charge >= 0.3 is 5.97 Å². The molecule has 112 valence electrons. The maximum absolute atomic E-state index is 11.6. The van der Waals surface area contributed by atoms with E-state index in [4.69, 9.17) is 4.52 Å². The fraction of sp³-hybridized carbons (Fsp3) is 0.412. The lowest BCUT2D eigenvalue weighted by atomic mass is 9.88. The van der Waals surface area contributed by atoms with Crippen LogP contribution in [0.25, 0.3) is 11.3 Å². The maximum atomic E-state index is 11.6. The van der Waals surface area contributed by atoms with Crippen molar-refractivity contribution in [1.29, 1.82) is 0 Å². The number of rotatable bonds is 3. The first-order valence-corrected chi connectivity index (χ1v) is 7.05. The second-order valence-corrected chi connectivity index (χ2v) is 6.57. The summed E-state index contributed by atoms with van der Waals surface area (Å²) in [6.07, 6.45) is 0. The van der Waals surface area contributed by atoms with E-state index in [9.17, 15) is 9.90 Å². The first-order valence-electron chi connectivity index (χ1n) is 7.05. The minimum Gasteiger partial charge on any atom is -0.477 e. The number of aromatic nitrogens is 1. The Morgan fingerprint density at radius 2 is 1.76 bits per heavy atom. The summed E-state index contributed by atoms with van der Waals surface area (Å²) in [5.41, 5.74) is 2.10. The van der Waals surface area contributed by atoms with Gasteiger partial charge in [0.25, 0.3) is 0 Å². The second-order valence-electron chi connectivity index (χ2n) is 6.57. The van der Waals surface area contributed by atoms with E-state index in [0.717, 1.165) is 5.56 Å². The van der Waals surface area contributed by atoms with Gasteiger partial charge < -0.3 is 9.63 Å². The van der Waals surface area contributed by atoms with Crippen LogP contribution in [0.4, 0.5) is 0 Å². The SMILES string of the molecule is CC(C)c1ccc(-c2noc(C(C)(C)C)c2C(=O)O)cc1. The molecule has 1 heterocycles. The van der Waals surface area contributed by atoms with Gasteiger partial charge in [0.15, 0.2) is 5.76 Å². The number of nitrogens with zero attached hydrogens (tertiary/aromatic N) is 1. The Labute approximate surface area is 124 Å². The normalized spacial score (nSPS) is 11.9. The molecule has 0 fully saturated rings. The Bertz CT molecular complexity index is 646. The van der Waals surface area contributed by atoms with Crippen LogP contribution >= 0.6 is 0 Å². The van der Waals surface area contributed by atoms with Crippen LogP contribution in [0.5, 0.6) is 0 Å². The fourth-order valence-electron chi connectivity index (χ4n) is 2.22. The van der Waals surface area contributed by atoms with Gasteiger partial charge in [0.2, 0.25) is 0 Å². The summed E-state index contributed by atoms with van der Waals surface area (Å²) in [5, 5.41) is 13.5. The molecule has 0 unspecified atom stereocenters. The van der Waals surface area contributed by atoms with Gasteiger partial charge in [-0.15, -0.1) is 0 Å². The van der Waals surface area contributed by atoms with Crippen molar-refractivity contribution in [1.82, 2.24) is 5.16 Å². The van der Waals surface area contributed by atoms with Crippen molar-refractivity contribution in [3.05, 3.63) is 41.2 Å². The van der Waals surface area contributed by atoms with Crippen molar-refractivity contribution in [3.8, 4) is 11.3 Å². The van der Waals surface area contributed by atoms with Crippen molar-refractivity contribution in [2.45, 2.75) is 46.0 Å². The molecule has 2 rings (SSSR count). The van der Waals surface area contributed by atoms with Crippen LogP contribution < -0.4 is 0 Å². The second kappa shape index (κ2) is 5.35. The van der Waals surface area contributed by atoms with Crippen LogP contribution in [-0.4, -0.2) is 16.2 Å². The zero-order valence-electron chi connectivity index (χ0n) is 13.1. The summed E-state index contributed by atoms with van der Waals surface area (Å²) >= 11 is 0. The number of carbonyl (C=O) groups is 1. The van der Waals surface area contributed by atoms with Gasteiger partial charge in [-0.2, -0.15) is 0 Å². The number of hydrogen-bond acceptors (Lipinski definition) is 3. The predicted octanol–water partition coefficient (Wildman–Crippen LogP) is 4.46. The topological polar surface area (TPSA) is 63.3 Å². The third-order valence-electron chi connectivity index (χ3n) is 3.44. The highest BCUT2D eigenvalue weighted by Gasteiger charge is 2.31. The van der Waals surface area contributed by atoms with Crippen LogP contribution in [0, 0.1) is 0 Å². The molecule has 1 aromatic carbocycles. The van der Waals surface area contributed by atoms with E-state index in [1.807, 2.05) is 45.0 Å². The quantitative estimate of drug-likeness (QED) is 0.905. The first kappa shape index (κ1) is 15.3. The van der Waals surface area contributed by atoms with E-state index in [2.05, 4.69) is 19.0 Å². The molecule has 0 radical (unpaired) electrons. The fourth-order valence-corrected chi connectivity index (χ4v) is 2.22. The molecule has 1 N–H and O–H groups in total. The molecule has 4 heteroatoms. The van der Waals surface area contributed by atoms with Gasteiger partial charge in [-0.3, -0.25) is 0 Å². The molecule has 0 spiro atoms. The molecule has 0 saturated carbocycles. The highest BCUT2D eigenvalue weighted by atomic mass is 16.5. The molecule has 0 atom stereocenters. The van der Waals surface area contributed by atoms with Crippen molar-refractivity contribution >= 4 is 5.97 Å². The van der Waals surface area contributed by atoms with Gasteiger partial charge in [-0.25, -0.2) is 4.79 Å². The molecule has 0 aliphatic carbocycles. The van der Waals surface area contributed by atoms with Crippen molar-refractivity contribution < 1.29 is 14.4 Å². The van der Waals surface area contributed by atoms with Crippen LogP contribution in [0.3, 0.4) is 0 Å². The number of aromatic carboxylic acids is 1. The van der Waals surface area contributed by atoms with Crippen LogP contribution in [-0.2, 0) is 5.41 Å². The van der Waals surface area contributed by atoms with Crippen LogP contribution in [0.2, 0.25) is 0 Å². The van der Waals surface area contributed by atoms with Crippen molar-refractivity contribution in [3.63, 3.8) is 0 Å². The molecule has 4 nitrogen and oxygen atoms in total. The van der Waals surface area contributed by atoms with Gasteiger partial charge in [0.1, 0.15) is 11.3 Å². The van der Waals surface area contributed by atoms with E-state index in [-0.39, 0.29) is 5.56 Å². The standard InChI is InChI=1S/C17H21NO3/c1-10(2)11-6-8-12(9-7-11)14-13(16(19)20)15(21-18-14)17(3,4)5/h6-10H,1-5H3,(H,19,20). The van der Waals surface area contributed by atoms with Crippen molar-refractivity contribution in [2.75, 3.05) is 0 Å². The van der Waals surface area contributed by atoms with Gasteiger partial charge in [-0.05, 0) is 11.5 Å². The molecule has 0 aliphatic heterocycles. The molecule has 0 bridgehead atoms. The molecular formula is C17H21NO3. The highest BCUT2D eigenvalue weighted by Crippen LogP contribution is 2.33. The number of hydrogen-bond donors (Lipinski definition) is 1. The van der Waals surface area contributed by atoms with Gasteiger partial charge in [0, 0.05) is 11.0 Å². The summed E-state index contributed by atoms with van der Waals surface area (Å²) < 4.78 is 5.32. The van der Waals surface area contributed by atoms with E-state index in [1.54, 1.807) is 0 Å². The monoisotopic (exact) mass is 287 g/mol. The summed E-state index contributed by atoms with van der Waals surface area (Å²) in [6, 6.07) is 7.78. The minimum atomic E-state index is -1.01. The minimum absolute atomic E-state index is 0.153. The summed E-state index contributed by atoms with van der Waals surface area (Å²) in [6.45, 7) is 9.96. The third-order valence-corrected chi connectivity index (χ3v) is 3.44. The van der Waals surface area contributed by atoms with E-state index in [1.165, 1.54) is 5.56 Å². The average Bonchev–Trinajstić information content (AvgIpc) is 2.83. The number of benzene rings is 1. The lowest BCUT2D eigenvalue weighted by molar-refractivity contribution is 0.0693. The van der Waals surface area contributed by atoms with Crippen LogP contribution in [0.15, 0.2) is 28.8 Å². The molecule has 0 amide bonds. The van der Waals surface area contributed by atoms with E-state index >= 15 is 0 Å². The number of carboxylic acid groups (broad SMARTS) is 1.